The quantitative estimate of drug-likeness (QED) is 0.614. The van der Waals surface area contributed by atoms with E-state index < -0.39 is 10.0 Å². The third-order valence-electron chi connectivity index (χ3n) is 7.07. The monoisotopic (exact) mass is 447 g/mol. The third kappa shape index (κ3) is 5.32. The predicted octanol–water partition coefficient (Wildman–Crippen LogP) is 3.30. The normalized spacial score (nSPS) is 23.4. The molecular formula is C24H37N3O3S. The summed E-state index contributed by atoms with van der Waals surface area (Å²) >= 11 is 0. The largest absolute Gasteiger partial charge is 0.337 e. The maximum absolute atomic E-state index is 13.2. The first-order valence-corrected chi connectivity index (χ1v) is 13.4. The second-order valence-corrected chi connectivity index (χ2v) is 11.7. The summed E-state index contributed by atoms with van der Waals surface area (Å²) in [5, 5.41) is 0. The fourth-order valence-electron chi connectivity index (χ4n) is 4.83. The zero-order valence-electron chi connectivity index (χ0n) is 19.0. The van der Waals surface area contributed by atoms with Crippen molar-refractivity contribution in [1.82, 2.24) is 14.1 Å². The average Bonchev–Trinajstić information content (AvgIpc) is 3.51. The van der Waals surface area contributed by atoms with Gasteiger partial charge in [-0.2, -0.15) is 4.31 Å². The molecule has 4 rings (SSSR count). The average molecular weight is 448 g/mol. The first-order valence-electron chi connectivity index (χ1n) is 12.0. The van der Waals surface area contributed by atoms with Crippen LogP contribution in [0.2, 0.25) is 0 Å². The van der Waals surface area contributed by atoms with Crippen molar-refractivity contribution in [3.8, 4) is 0 Å². The predicted molar refractivity (Wildman–Crippen MR) is 122 cm³/mol. The second kappa shape index (κ2) is 9.59. The van der Waals surface area contributed by atoms with E-state index in [1.807, 2.05) is 17.0 Å². The minimum Gasteiger partial charge on any atom is -0.337 e. The van der Waals surface area contributed by atoms with Crippen LogP contribution in [0.5, 0.6) is 0 Å². The molecule has 0 aromatic heterocycles. The van der Waals surface area contributed by atoms with Gasteiger partial charge in [-0.3, -0.25) is 4.79 Å². The molecule has 7 heteroatoms. The van der Waals surface area contributed by atoms with E-state index in [-0.39, 0.29) is 17.9 Å². The molecule has 0 N–H and O–H groups in total. The van der Waals surface area contributed by atoms with E-state index in [1.54, 1.807) is 16.4 Å². The Morgan fingerprint density at radius 1 is 1.03 bits per heavy atom. The highest BCUT2D eigenvalue weighted by Crippen LogP contribution is 2.33. The van der Waals surface area contributed by atoms with Crippen LogP contribution in [0.4, 0.5) is 0 Å². The topological polar surface area (TPSA) is 60.9 Å². The number of hydrogen-bond donors (Lipinski definition) is 0. The van der Waals surface area contributed by atoms with Gasteiger partial charge in [0, 0.05) is 38.1 Å². The van der Waals surface area contributed by atoms with E-state index in [2.05, 4.69) is 18.7 Å². The first-order chi connectivity index (χ1) is 14.9. The lowest BCUT2D eigenvalue weighted by Gasteiger charge is -2.33. The van der Waals surface area contributed by atoms with Crippen LogP contribution < -0.4 is 0 Å². The molecule has 1 aromatic rings. The Labute approximate surface area is 187 Å². The summed E-state index contributed by atoms with van der Waals surface area (Å²) < 4.78 is 28.0. The highest BCUT2D eigenvalue weighted by Gasteiger charge is 2.41. The van der Waals surface area contributed by atoms with Gasteiger partial charge in [-0.1, -0.05) is 32.4 Å². The number of amides is 1. The highest BCUT2D eigenvalue weighted by molar-refractivity contribution is 7.89. The molecule has 2 saturated heterocycles. The van der Waals surface area contributed by atoms with Crippen LogP contribution in [-0.2, 0) is 14.8 Å². The maximum Gasteiger partial charge on any atom is 0.243 e. The molecule has 6 nitrogen and oxygen atoms in total. The van der Waals surface area contributed by atoms with Crippen molar-refractivity contribution >= 4 is 15.9 Å². The van der Waals surface area contributed by atoms with Crippen molar-refractivity contribution in [3.63, 3.8) is 0 Å². The van der Waals surface area contributed by atoms with Crippen molar-refractivity contribution in [1.29, 1.82) is 0 Å². The summed E-state index contributed by atoms with van der Waals surface area (Å²) in [4.78, 5) is 17.9. The molecule has 1 amide bonds. The number of likely N-dealkylation sites (tertiary alicyclic amines) is 1. The van der Waals surface area contributed by atoms with Crippen molar-refractivity contribution < 1.29 is 13.2 Å². The minimum absolute atomic E-state index is 0.0115. The molecule has 0 spiro atoms. The van der Waals surface area contributed by atoms with Gasteiger partial charge in [0.2, 0.25) is 15.9 Å². The Morgan fingerprint density at radius 3 is 2.32 bits per heavy atom. The minimum atomic E-state index is -3.53. The van der Waals surface area contributed by atoms with Gasteiger partial charge < -0.3 is 9.80 Å². The molecule has 0 radical (unpaired) electrons. The van der Waals surface area contributed by atoms with Gasteiger partial charge in [0.05, 0.1) is 4.90 Å². The number of piperidine rings is 1. The van der Waals surface area contributed by atoms with Gasteiger partial charge in [0.25, 0.3) is 0 Å². The zero-order valence-corrected chi connectivity index (χ0v) is 19.8. The molecule has 1 aliphatic carbocycles. The summed E-state index contributed by atoms with van der Waals surface area (Å²) in [7, 11) is -3.53. The van der Waals surface area contributed by atoms with Crippen molar-refractivity contribution in [2.24, 2.45) is 5.92 Å². The molecule has 1 unspecified atom stereocenters. The summed E-state index contributed by atoms with van der Waals surface area (Å²) in [6.07, 6.45) is 6.46. The number of carbonyl (C=O) groups is 1. The standard InChI is InChI=1S/C24H37N3O3S/c1-19(2)20-8-10-23(11-9-20)31(29,30)26-15-12-22(18-26)27(24(28)21-6-7-21)17-16-25-13-4-3-5-14-25/h8-11,19,21-22H,3-7,12-18H2,1-2H3. The molecule has 172 valence electrons. The summed E-state index contributed by atoms with van der Waals surface area (Å²) in [6, 6.07) is 7.25. The lowest BCUT2D eigenvalue weighted by atomic mass is 10.0. The van der Waals surface area contributed by atoms with Gasteiger partial charge in [0.1, 0.15) is 0 Å². The number of rotatable bonds is 8. The molecule has 2 aliphatic heterocycles. The van der Waals surface area contributed by atoms with E-state index in [9.17, 15) is 13.2 Å². The Morgan fingerprint density at radius 2 is 1.71 bits per heavy atom. The van der Waals surface area contributed by atoms with Crippen LogP contribution >= 0.6 is 0 Å². The number of benzene rings is 1. The molecule has 1 aromatic carbocycles. The highest BCUT2D eigenvalue weighted by atomic mass is 32.2. The Kier molecular flexibility index (Phi) is 7.04. The number of carbonyl (C=O) groups excluding carboxylic acids is 1. The van der Waals surface area contributed by atoms with E-state index in [1.165, 1.54) is 19.3 Å². The SMILES string of the molecule is CC(C)c1ccc(S(=O)(=O)N2CCC(N(CCN3CCCCC3)C(=O)C3CC3)C2)cc1. The summed E-state index contributed by atoms with van der Waals surface area (Å²) in [5.41, 5.74) is 1.14. The second-order valence-electron chi connectivity index (χ2n) is 9.74. The van der Waals surface area contributed by atoms with Crippen LogP contribution in [0.25, 0.3) is 0 Å². The lowest BCUT2D eigenvalue weighted by Crippen LogP contribution is -2.47. The first kappa shape index (κ1) is 22.7. The zero-order chi connectivity index (χ0) is 22.0. The number of sulfonamides is 1. The summed E-state index contributed by atoms with van der Waals surface area (Å²) in [5.74, 6) is 0.771. The number of hydrogen-bond acceptors (Lipinski definition) is 4. The molecular weight excluding hydrogens is 410 g/mol. The van der Waals surface area contributed by atoms with Crippen LogP contribution in [0.3, 0.4) is 0 Å². The Bertz CT molecular complexity index is 859. The fraction of sp³-hybridized carbons (Fsp3) is 0.708. The third-order valence-corrected chi connectivity index (χ3v) is 8.95. The molecule has 3 aliphatic rings. The smallest absolute Gasteiger partial charge is 0.243 e. The fourth-order valence-corrected chi connectivity index (χ4v) is 6.32. The van der Waals surface area contributed by atoms with Crippen molar-refractivity contribution in [2.45, 2.75) is 69.2 Å². The molecule has 2 heterocycles. The van der Waals surface area contributed by atoms with Crippen molar-refractivity contribution in [3.05, 3.63) is 29.8 Å². The lowest BCUT2D eigenvalue weighted by molar-refractivity contribution is -0.134. The van der Waals surface area contributed by atoms with Gasteiger partial charge in [-0.05, 0) is 68.8 Å². The van der Waals surface area contributed by atoms with Gasteiger partial charge >= 0.3 is 0 Å². The molecule has 1 atom stereocenters. The van der Waals surface area contributed by atoms with Crippen molar-refractivity contribution in [2.75, 3.05) is 39.3 Å². The van der Waals surface area contributed by atoms with Crippen LogP contribution in [0.1, 0.15) is 63.9 Å². The molecule has 3 fully saturated rings. The van der Waals surface area contributed by atoms with E-state index in [4.69, 9.17) is 0 Å². The van der Waals surface area contributed by atoms with E-state index in [0.29, 0.717) is 23.9 Å². The molecule has 1 saturated carbocycles. The number of nitrogens with zero attached hydrogens (tertiary/aromatic N) is 3. The Hall–Kier alpha value is -1.44. The molecule has 0 bridgehead atoms. The van der Waals surface area contributed by atoms with Crippen LogP contribution in [0, 0.1) is 5.92 Å². The summed E-state index contributed by atoms with van der Waals surface area (Å²) in [6.45, 7) is 8.94. The van der Waals surface area contributed by atoms with Gasteiger partial charge in [-0.15, -0.1) is 0 Å². The Balaban J connectivity index is 1.42. The molecule has 31 heavy (non-hydrogen) atoms. The van der Waals surface area contributed by atoms with E-state index in [0.717, 1.165) is 51.0 Å². The van der Waals surface area contributed by atoms with E-state index >= 15 is 0 Å². The van der Waals surface area contributed by atoms with Crippen LogP contribution in [-0.4, -0.2) is 73.7 Å². The maximum atomic E-state index is 13.2. The van der Waals surface area contributed by atoms with Gasteiger partial charge in [0.15, 0.2) is 0 Å². The van der Waals surface area contributed by atoms with Gasteiger partial charge in [-0.25, -0.2) is 8.42 Å². The van der Waals surface area contributed by atoms with Crippen LogP contribution in [0.15, 0.2) is 29.2 Å².